The summed E-state index contributed by atoms with van der Waals surface area (Å²) in [6.07, 6.45) is -0.379. The first-order valence-electron chi connectivity index (χ1n) is 25.8. The van der Waals surface area contributed by atoms with E-state index in [-0.39, 0.29) is 44.1 Å². The molecule has 2 aromatic heterocycles. The van der Waals surface area contributed by atoms with Crippen molar-refractivity contribution in [2.75, 3.05) is 85.2 Å². The van der Waals surface area contributed by atoms with Crippen LogP contribution in [0.25, 0.3) is 0 Å². The van der Waals surface area contributed by atoms with E-state index in [1.54, 1.807) is 0 Å². The Hall–Kier alpha value is -3.98. The Labute approximate surface area is 470 Å². The lowest BCUT2D eigenvalue weighted by molar-refractivity contribution is -0.0650. The van der Waals surface area contributed by atoms with Gasteiger partial charge in [0, 0.05) is 50.3 Å². The number of ether oxygens (including phenoxy) is 10. The summed E-state index contributed by atoms with van der Waals surface area (Å²) in [4.78, 5) is 66.5. The molecule has 2 fully saturated rings. The molecule has 2 aliphatic heterocycles. The molecule has 6 rings (SSSR count). The molecule has 2 aromatic carbocycles. The first-order valence-corrected chi connectivity index (χ1v) is 32.4. The average Bonchev–Trinajstić information content (AvgIpc) is 4.13. The van der Waals surface area contributed by atoms with Crippen LogP contribution in [-0.4, -0.2) is 153 Å². The normalized spacial score (nSPS) is 22.3. The summed E-state index contributed by atoms with van der Waals surface area (Å²) in [6, 6.07) is 21.1. The van der Waals surface area contributed by atoms with Crippen LogP contribution < -0.4 is 22.5 Å². The van der Waals surface area contributed by atoms with Crippen LogP contribution in [0.2, 0.25) is 18.1 Å². The Bertz CT molecular complexity index is 2830. The van der Waals surface area contributed by atoms with E-state index >= 15 is 0 Å². The molecule has 0 amide bonds. The van der Waals surface area contributed by atoms with Crippen molar-refractivity contribution in [1.29, 1.82) is 0 Å². The maximum atomic E-state index is 14.1. The zero-order valence-electron chi connectivity index (χ0n) is 45.8. The fourth-order valence-corrected chi connectivity index (χ4v) is 11.9. The van der Waals surface area contributed by atoms with Gasteiger partial charge < -0.3 is 61.2 Å². The predicted molar refractivity (Wildman–Crippen MR) is 301 cm³/mol. The van der Waals surface area contributed by atoms with E-state index in [1.165, 1.54) is 59.6 Å². The lowest BCUT2D eigenvalue weighted by atomic mass is 10.1. The van der Waals surface area contributed by atoms with Gasteiger partial charge >= 0.3 is 18.1 Å². The van der Waals surface area contributed by atoms with E-state index in [1.807, 2.05) is 60.7 Å². The van der Waals surface area contributed by atoms with Crippen molar-refractivity contribution in [3.63, 3.8) is 0 Å². The zero-order chi connectivity index (χ0) is 57.0. The molecule has 22 nitrogen and oxygen atoms in total. The predicted octanol–water partition coefficient (Wildman–Crippen LogP) is 4.65. The molecule has 4 heterocycles. The van der Waals surface area contributed by atoms with Crippen molar-refractivity contribution in [3.05, 3.63) is 138 Å². The largest absolute Gasteiger partial charge is 0.408 e. The summed E-state index contributed by atoms with van der Waals surface area (Å²) in [5.41, 5.74) is -0.917. The van der Waals surface area contributed by atoms with Crippen molar-refractivity contribution < 1.29 is 65.7 Å². The third kappa shape index (κ3) is 18.5. The number of rotatable bonds is 34. The molecule has 79 heavy (non-hydrogen) atoms. The molecule has 0 spiro atoms. The van der Waals surface area contributed by atoms with Crippen molar-refractivity contribution in [2.45, 2.75) is 115 Å². The number of benzene rings is 2. The molecule has 26 heteroatoms. The molecular formula is C53H75N4O18PS2Si. The van der Waals surface area contributed by atoms with Gasteiger partial charge in [0.2, 0.25) is 0 Å². The Morgan fingerprint density at radius 3 is 1.62 bits per heavy atom. The van der Waals surface area contributed by atoms with Gasteiger partial charge in [0.1, 0.15) is 50.6 Å². The SMILES string of the molecule is C#CCOCCOCCOCCOCCSC[C@H]1O[C@@H](n2ccc(=O)n(COCc3ccccc3)c2=O)[C@H](OC)[C@@H]1OP(O)(=S)OC[C@H]1O[C@@H](n2ccc(=O)n(COCc3ccccc3)c2=O)[C@H](OC)[C@@H]1O[Si](C)(C)C(C)(C)C. The van der Waals surface area contributed by atoms with Gasteiger partial charge in [0.05, 0.1) is 72.2 Å². The average molecular weight is 1180 g/mol. The van der Waals surface area contributed by atoms with Gasteiger partial charge in [0.15, 0.2) is 20.8 Å². The summed E-state index contributed by atoms with van der Waals surface area (Å²) in [6.45, 7) is 8.15. The molecule has 2 aliphatic rings. The summed E-state index contributed by atoms with van der Waals surface area (Å²) in [5, 5.41) is -0.286. The minimum Gasteiger partial charge on any atom is -0.408 e. The number of methoxy groups -OCH3 is 2. The third-order valence-electron chi connectivity index (χ3n) is 13.4. The Morgan fingerprint density at radius 2 is 1.14 bits per heavy atom. The number of nitrogens with zero attached hydrogens (tertiary/aromatic N) is 4. The Balaban J connectivity index is 1.18. The minimum absolute atomic E-state index is 0.148. The van der Waals surface area contributed by atoms with Gasteiger partial charge in [0.25, 0.3) is 11.1 Å². The first kappa shape index (κ1) is 64.2. The zero-order valence-corrected chi connectivity index (χ0v) is 49.4. The number of aromatic nitrogens is 4. The molecule has 436 valence electrons. The van der Waals surface area contributed by atoms with E-state index in [4.69, 9.17) is 79.1 Å². The highest BCUT2D eigenvalue weighted by Gasteiger charge is 2.53. The summed E-state index contributed by atoms with van der Waals surface area (Å²) in [5.74, 6) is 3.17. The molecule has 0 aliphatic carbocycles. The van der Waals surface area contributed by atoms with Gasteiger partial charge in [-0.05, 0) is 41.1 Å². The molecule has 0 saturated carbocycles. The molecular weight excluding hydrogens is 1100 g/mol. The molecule has 0 radical (unpaired) electrons. The van der Waals surface area contributed by atoms with Crippen LogP contribution in [0.1, 0.15) is 44.4 Å². The Morgan fingerprint density at radius 1 is 0.671 bits per heavy atom. The molecule has 0 bridgehead atoms. The maximum Gasteiger partial charge on any atom is 0.335 e. The van der Waals surface area contributed by atoms with E-state index in [0.717, 1.165) is 20.3 Å². The second kappa shape index (κ2) is 31.4. The Kier molecular flexibility index (Phi) is 25.6. The highest BCUT2D eigenvalue weighted by Crippen LogP contribution is 2.51. The van der Waals surface area contributed by atoms with Crippen LogP contribution in [0.4, 0.5) is 0 Å². The van der Waals surface area contributed by atoms with Gasteiger partial charge in [-0.15, -0.1) is 6.42 Å². The van der Waals surface area contributed by atoms with Crippen LogP contribution in [0, 0.1) is 12.3 Å². The van der Waals surface area contributed by atoms with Gasteiger partial charge in [-0.1, -0.05) is 87.4 Å². The standard InChI is InChI=1S/C53H75N4O18PS2Si/c1-9-24-65-25-26-66-27-28-67-29-30-68-31-32-78-36-42-45(47(63-5)49(73-42)54-22-20-43(58)56(51(54)60)37-69-33-39-16-12-10-13-17-39)74-76(62,77)71-35-41-46(75-79(7,8)53(2,3)4)48(64-6)50(72-41)55-23-21-44(59)57(52(55)61)38-70-34-40-18-14-11-15-19-40/h1,10-23,41-42,45-50H,24-38H2,2-8H3,(H,62,77)/t41-,42-,45-,46-,47-,48-,49-,50-,76?/m1/s1. The van der Waals surface area contributed by atoms with Crippen molar-refractivity contribution >= 4 is 38.6 Å². The maximum absolute atomic E-state index is 14.1. The van der Waals surface area contributed by atoms with E-state index in [2.05, 4.69) is 39.8 Å². The van der Waals surface area contributed by atoms with Crippen LogP contribution in [0.5, 0.6) is 0 Å². The smallest absolute Gasteiger partial charge is 0.335 e. The highest BCUT2D eigenvalue weighted by molar-refractivity contribution is 8.07. The van der Waals surface area contributed by atoms with Crippen molar-refractivity contribution in [2.24, 2.45) is 0 Å². The van der Waals surface area contributed by atoms with Gasteiger partial charge in [-0.2, -0.15) is 11.8 Å². The quantitative estimate of drug-likeness (QED) is 0.0291. The van der Waals surface area contributed by atoms with Crippen molar-refractivity contribution in [3.8, 4) is 12.3 Å². The van der Waals surface area contributed by atoms with E-state index < -0.39 is 93.2 Å². The molecule has 9 atom stereocenters. The monoisotopic (exact) mass is 1180 g/mol. The lowest BCUT2D eigenvalue weighted by Gasteiger charge is -2.40. The summed E-state index contributed by atoms with van der Waals surface area (Å²) in [7, 11) is 0.232. The number of terminal acetylenes is 1. The van der Waals surface area contributed by atoms with Crippen LogP contribution in [0.15, 0.2) is 104 Å². The lowest BCUT2D eigenvalue weighted by Crippen LogP contribution is -2.50. The topological polar surface area (TPSA) is 228 Å². The molecule has 2 saturated heterocycles. The van der Waals surface area contributed by atoms with E-state index in [9.17, 15) is 24.1 Å². The third-order valence-corrected chi connectivity index (χ3v) is 20.4. The molecule has 1 N–H and O–H groups in total. The summed E-state index contributed by atoms with van der Waals surface area (Å²) >= 11 is 7.20. The van der Waals surface area contributed by atoms with E-state index in [0.29, 0.717) is 52.0 Å². The van der Waals surface area contributed by atoms with Crippen molar-refractivity contribution in [1.82, 2.24) is 18.3 Å². The van der Waals surface area contributed by atoms with Crippen LogP contribution in [0.3, 0.4) is 0 Å². The van der Waals surface area contributed by atoms with Crippen LogP contribution in [-0.2, 0) is 99.3 Å². The second-order valence-corrected chi connectivity index (χ2v) is 28.5. The first-order chi connectivity index (χ1) is 37.9. The second-order valence-electron chi connectivity index (χ2n) is 19.8. The molecule has 4 aromatic rings. The molecule has 1 unspecified atom stereocenters. The minimum atomic E-state index is -4.30. The highest BCUT2D eigenvalue weighted by atomic mass is 32.5. The summed E-state index contributed by atoms with van der Waals surface area (Å²) < 4.78 is 82.7. The fourth-order valence-electron chi connectivity index (χ4n) is 8.23. The van der Waals surface area contributed by atoms with Gasteiger partial charge in [-0.25, -0.2) is 18.7 Å². The number of hydrogen-bond donors (Lipinski definition) is 1. The fraction of sp³-hybridized carbons (Fsp3) is 0.585. The van der Waals surface area contributed by atoms with Crippen LogP contribution >= 0.6 is 18.5 Å². The van der Waals surface area contributed by atoms with Gasteiger partial charge in [-0.3, -0.25) is 23.2 Å². The number of hydrogen-bond acceptors (Lipinski definition) is 19. The number of thioether (sulfide) groups is 1.